The van der Waals surface area contributed by atoms with Gasteiger partial charge < -0.3 is 10.1 Å². The van der Waals surface area contributed by atoms with Crippen LogP contribution in [0, 0.1) is 0 Å². The topological polar surface area (TPSA) is 79.8 Å². The van der Waals surface area contributed by atoms with Crippen LogP contribution < -0.4 is 15.5 Å². The van der Waals surface area contributed by atoms with Crippen molar-refractivity contribution in [2.45, 2.75) is 12.8 Å². The van der Waals surface area contributed by atoms with E-state index in [1.807, 2.05) is 0 Å². The number of carbonyl (C=O) groups is 2. The summed E-state index contributed by atoms with van der Waals surface area (Å²) in [7, 11) is 1.50. The third-order valence-electron chi connectivity index (χ3n) is 2.58. The van der Waals surface area contributed by atoms with Crippen LogP contribution in [0.4, 0.5) is 5.69 Å². The molecule has 0 aliphatic carbocycles. The molecular formula is C12H12ClN3O3. The molecule has 1 aliphatic heterocycles. The second-order valence-corrected chi connectivity index (χ2v) is 4.33. The lowest BCUT2D eigenvalue weighted by atomic mass is 10.1. The highest BCUT2D eigenvalue weighted by atomic mass is 35.5. The lowest BCUT2D eigenvalue weighted by molar-refractivity contribution is -0.121. The Labute approximate surface area is 114 Å². The molecule has 0 saturated heterocycles. The number of anilines is 1. The van der Waals surface area contributed by atoms with E-state index in [0.29, 0.717) is 22.9 Å². The molecular weight excluding hydrogens is 270 g/mol. The van der Waals surface area contributed by atoms with Gasteiger partial charge in [0, 0.05) is 17.9 Å². The van der Waals surface area contributed by atoms with Crippen molar-refractivity contribution >= 4 is 34.8 Å². The van der Waals surface area contributed by atoms with Crippen LogP contribution in [-0.2, 0) is 9.59 Å². The molecule has 0 unspecified atom stereocenters. The van der Waals surface area contributed by atoms with E-state index in [9.17, 15) is 9.59 Å². The molecule has 2 amide bonds. The quantitative estimate of drug-likeness (QED) is 0.882. The first kappa shape index (κ1) is 13.4. The molecule has 7 heteroatoms. The van der Waals surface area contributed by atoms with Crippen LogP contribution >= 0.6 is 11.6 Å². The van der Waals surface area contributed by atoms with E-state index >= 15 is 0 Å². The summed E-state index contributed by atoms with van der Waals surface area (Å²) in [4.78, 5) is 22.9. The summed E-state index contributed by atoms with van der Waals surface area (Å²) in [6.07, 6.45) is 0.555. The minimum absolute atomic E-state index is 0.197. The first-order chi connectivity index (χ1) is 9.10. The van der Waals surface area contributed by atoms with E-state index in [1.165, 1.54) is 7.11 Å². The van der Waals surface area contributed by atoms with Gasteiger partial charge in [-0.25, -0.2) is 5.43 Å². The van der Waals surface area contributed by atoms with Crippen molar-refractivity contribution in [2.24, 2.45) is 5.10 Å². The van der Waals surface area contributed by atoms with E-state index < -0.39 is 0 Å². The smallest absolute Gasteiger partial charge is 0.271 e. The zero-order chi connectivity index (χ0) is 13.8. The Morgan fingerprint density at radius 3 is 2.89 bits per heavy atom. The fourth-order valence-electron chi connectivity index (χ4n) is 1.61. The van der Waals surface area contributed by atoms with Crippen LogP contribution in [0.1, 0.15) is 12.8 Å². The van der Waals surface area contributed by atoms with Crippen molar-refractivity contribution in [1.29, 1.82) is 0 Å². The molecule has 1 heterocycles. The highest BCUT2D eigenvalue weighted by Crippen LogP contribution is 2.27. The molecule has 19 heavy (non-hydrogen) atoms. The molecule has 1 aromatic rings. The maximum atomic E-state index is 12.0. The number of halogens is 1. The summed E-state index contributed by atoms with van der Waals surface area (Å²) in [5, 5.41) is 6.85. The van der Waals surface area contributed by atoms with Gasteiger partial charge in [-0.2, -0.15) is 5.10 Å². The Morgan fingerprint density at radius 2 is 2.26 bits per heavy atom. The number of hydrogen-bond donors (Lipinski definition) is 2. The average Bonchev–Trinajstić information content (AvgIpc) is 2.39. The monoisotopic (exact) mass is 281 g/mol. The first-order valence-electron chi connectivity index (χ1n) is 5.60. The zero-order valence-corrected chi connectivity index (χ0v) is 11.0. The van der Waals surface area contributed by atoms with Gasteiger partial charge in [0.15, 0.2) is 0 Å². The number of amides is 2. The lowest BCUT2D eigenvalue weighted by Gasteiger charge is -2.14. The summed E-state index contributed by atoms with van der Waals surface area (Å²) in [6, 6.07) is 4.90. The highest BCUT2D eigenvalue weighted by molar-refractivity contribution is 6.43. The molecule has 0 bridgehead atoms. The Hall–Kier alpha value is -2.08. The van der Waals surface area contributed by atoms with Crippen LogP contribution in [0.3, 0.4) is 0 Å². The third kappa shape index (κ3) is 3.23. The average molecular weight is 282 g/mol. The predicted octanol–water partition coefficient (Wildman–Crippen LogP) is 1.55. The number of benzene rings is 1. The van der Waals surface area contributed by atoms with Gasteiger partial charge >= 0.3 is 0 Å². The predicted molar refractivity (Wildman–Crippen MR) is 71.4 cm³/mol. The highest BCUT2D eigenvalue weighted by Gasteiger charge is 2.19. The fraction of sp³-hybridized carbons (Fsp3) is 0.250. The molecule has 0 atom stereocenters. The van der Waals surface area contributed by atoms with Crippen molar-refractivity contribution in [3.63, 3.8) is 0 Å². The number of nitrogens with zero attached hydrogens (tertiary/aromatic N) is 1. The summed E-state index contributed by atoms with van der Waals surface area (Å²) in [6.45, 7) is 0. The minimum Gasteiger partial charge on any atom is -0.495 e. The molecule has 0 aromatic heterocycles. The molecule has 1 aromatic carbocycles. The van der Waals surface area contributed by atoms with Crippen LogP contribution in [0.25, 0.3) is 0 Å². The molecule has 0 fully saturated rings. The van der Waals surface area contributed by atoms with Crippen molar-refractivity contribution < 1.29 is 14.3 Å². The summed E-state index contributed by atoms with van der Waals surface area (Å²) < 4.78 is 5.12. The van der Waals surface area contributed by atoms with Gasteiger partial charge in [0.2, 0.25) is 5.91 Å². The van der Waals surface area contributed by atoms with Gasteiger partial charge in [-0.3, -0.25) is 9.59 Å². The van der Waals surface area contributed by atoms with Crippen molar-refractivity contribution in [2.75, 3.05) is 12.4 Å². The van der Waals surface area contributed by atoms with Crippen LogP contribution in [-0.4, -0.2) is 24.6 Å². The fourth-order valence-corrected chi connectivity index (χ4v) is 1.78. The van der Waals surface area contributed by atoms with Crippen LogP contribution in [0.2, 0.25) is 5.02 Å². The van der Waals surface area contributed by atoms with Gasteiger partial charge in [-0.1, -0.05) is 11.6 Å². The molecule has 1 aliphatic rings. The standard InChI is InChI=1S/C12H12ClN3O3/c1-19-10-4-2-7(13)6-9(10)14-12(18)8-3-5-11(17)16-15-8/h2,4,6H,3,5H2,1H3,(H,14,18)(H,16,17). The normalized spacial score (nSPS) is 14.4. The summed E-state index contributed by atoms with van der Waals surface area (Å²) in [5.74, 6) is -0.0874. The van der Waals surface area contributed by atoms with Crippen molar-refractivity contribution in [3.05, 3.63) is 23.2 Å². The van der Waals surface area contributed by atoms with E-state index in [4.69, 9.17) is 16.3 Å². The number of methoxy groups -OCH3 is 1. The Kier molecular flexibility index (Phi) is 4.01. The number of nitrogens with one attached hydrogen (secondary N) is 2. The van der Waals surface area contributed by atoms with Crippen LogP contribution in [0.5, 0.6) is 5.75 Å². The van der Waals surface area contributed by atoms with Gasteiger partial charge in [-0.05, 0) is 18.2 Å². The number of hydrazone groups is 1. The van der Waals surface area contributed by atoms with E-state index in [0.717, 1.165) is 0 Å². The second-order valence-electron chi connectivity index (χ2n) is 3.89. The van der Waals surface area contributed by atoms with Gasteiger partial charge in [-0.15, -0.1) is 0 Å². The second kappa shape index (κ2) is 5.71. The minimum atomic E-state index is -0.388. The Bertz CT molecular complexity index is 557. The van der Waals surface area contributed by atoms with Gasteiger partial charge in [0.25, 0.3) is 5.91 Å². The summed E-state index contributed by atoms with van der Waals surface area (Å²) in [5.41, 5.74) is 2.99. The number of rotatable bonds is 3. The van der Waals surface area contributed by atoms with Crippen molar-refractivity contribution in [1.82, 2.24) is 5.43 Å². The third-order valence-corrected chi connectivity index (χ3v) is 2.81. The van der Waals surface area contributed by atoms with Gasteiger partial charge in [0.1, 0.15) is 11.5 Å². The largest absolute Gasteiger partial charge is 0.495 e. The molecule has 0 radical (unpaired) electrons. The molecule has 0 spiro atoms. The molecule has 2 rings (SSSR count). The lowest BCUT2D eigenvalue weighted by Crippen LogP contribution is -2.32. The Balaban J connectivity index is 2.15. The number of carbonyl (C=O) groups excluding carboxylic acids is 2. The molecule has 6 nitrogen and oxygen atoms in total. The van der Waals surface area contributed by atoms with Crippen molar-refractivity contribution in [3.8, 4) is 5.75 Å². The molecule has 2 N–H and O–H groups in total. The van der Waals surface area contributed by atoms with Crippen LogP contribution in [0.15, 0.2) is 23.3 Å². The number of hydrogen-bond acceptors (Lipinski definition) is 4. The van der Waals surface area contributed by atoms with E-state index in [2.05, 4.69) is 15.8 Å². The first-order valence-corrected chi connectivity index (χ1v) is 5.98. The maximum absolute atomic E-state index is 12.0. The molecule has 100 valence electrons. The van der Waals surface area contributed by atoms with E-state index in [-0.39, 0.29) is 23.9 Å². The number of ether oxygens (including phenoxy) is 1. The zero-order valence-electron chi connectivity index (χ0n) is 10.2. The summed E-state index contributed by atoms with van der Waals surface area (Å²) >= 11 is 5.87. The van der Waals surface area contributed by atoms with E-state index in [1.54, 1.807) is 18.2 Å². The van der Waals surface area contributed by atoms with Gasteiger partial charge in [0.05, 0.1) is 12.8 Å². The Morgan fingerprint density at radius 1 is 1.47 bits per heavy atom. The maximum Gasteiger partial charge on any atom is 0.271 e. The molecule has 0 saturated carbocycles. The SMILES string of the molecule is COc1ccc(Cl)cc1NC(=O)C1=NNC(=O)CC1.